The third kappa shape index (κ3) is 33.6. The van der Waals surface area contributed by atoms with E-state index >= 15 is 0 Å². The number of benzene rings is 2. The van der Waals surface area contributed by atoms with Gasteiger partial charge in [0.05, 0.1) is 48.7 Å². The van der Waals surface area contributed by atoms with Crippen molar-refractivity contribution in [2.75, 3.05) is 26.4 Å². The smallest absolute Gasteiger partial charge is 0.136 e. The summed E-state index contributed by atoms with van der Waals surface area (Å²) in [5.74, 6) is 21.4. The molecule has 2 rings (SSSR count). The molecule has 2 aromatic carbocycles. The van der Waals surface area contributed by atoms with Gasteiger partial charge in [0, 0.05) is 24.3 Å². The molecule has 0 aliphatic rings. The molecule has 0 N–H and O–H groups in total. The van der Waals surface area contributed by atoms with Crippen molar-refractivity contribution in [3.05, 3.63) is 46.5 Å². The average molecular weight is 988 g/mol. The van der Waals surface area contributed by atoms with E-state index in [1.54, 1.807) is 0 Å². The Kier molecular flexibility index (Phi) is 42.5. The number of terminal acetylenes is 2. The average Bonchev–Trinajstić information content (AvgIpc) is 3.39. The van der Waals surface area contributed by atoms with Crippen LogP contribution in [0.2, 0.25) is 0 Å². The normalized spacial score (nSPS) is 10.8. The van der Waals surface area contributed by atoms with Crippen molar-refractivity contribution in [3.8, 4) is 71.4 Å². The lowest BCUT2D eigenvalue weighted by atomic mass is 10.1. The standard InChI is InChI=1S/C68H106O4/c1-7-13-17-21-25-29-33-37-41-47-53-69-65-59-63(67(57-61(65)11-5)71-55-49-43-39-35-31-27-23-19-15-9-3)51-45-46-52-64-60-66(70-54-48-42-38-34-30-26-22-18-14-8-2)62(12-6)58-68(64)72-56-50-44-40-36-32-28-24-20-16-10-4/h5-6,57-60H,7-10,13-44,47-50,53-56H2,1-4H3. The van der Waals surface area contributed by atoms with Gasteiger partial charge in [0.25, 0.3) is 0 Å². The maximum Gasteiger partial charge on any atom is 0.136 e. The summed E-state index contributed by atoms with van der Waals surface area (Å²) in [6.45, 7) is 11.6. The van der Waals surface area contributed by atoms with Crippen LogP contribution in [0.25, 0.3) is 0 Å². The van der Waals surface area contributed by atoms with Crippen molar-refractivity contribution in [2.45, 2.75) is 285 Å². The predicted molar refractivity (Wildman–Crippen MR) is 312 cm³/mol. The highest BCUT2D eigenvalue weighted by molar-refractivity contribution is 5.61. The van der Waals surface area contributed by atoms with Crippen LogP contribution < -0.4 is 18.9 Å². The Hall–Kier alpha value is -4.12. The molecule has 0 aliphatic carbocycles. The number of hydrogen-bond acceptors (Lipinski definition) is 4. The van der Waals surface area contributed by atoms with Gasteiger partial charge in [-0.25, -0.2) is 0 Å². The van der Waals surface area contributed by atoms with E-state index < -0.39 is 0 Å². The molecule has 402 valence electrons. The van der Waals surface area contributed by atoms with E-state index in [1.807, 2.05) is 24.3 Å². The number of hydrogen-bond donors (Lipinski definition) is 0. The first-order chi connectivity index (χ1) is 35.6. The van der Waals surface area contributed by atoms with Gasteiger partial charge in [-0.05, 0) is 49.4 Å². The van der Waals surface area contributed by atoms with Gasteiger partial charge in [0.15, 0.2) is 0 Å². The third-order valence-corrected chi connectivity index (χ3v) is 14.0. The molecule has 0 radical (unpaired) electrons. The van der Waals surface area contributed by atoms with E-state index in [0.717, 1.165) is 62.5 Å². The number of rotatable bonds is 48. The lowest BCUT2D eigenvalue weighted by Gasteiger charge is -2.14. The zero-order valence-electron chi connectivity index (χ0n) is 47.2. The van der Waals surface area contributed by atoms with E-state index in [9.17, 15) is 0 Å². The first kappa shape index (κ1) is 64.0. The fourth-order valence-electron chi connectivity index (χ4n) is 9.30. The van der Waals surface area contributed by atoms with Crippen LogP contribution in [0.15, 0.2) is 24.3 Å². The first-order valence-corrected chi connectivity index (χ1v) is 30.4. The molecule has 0 saturated heterocycles. The molecule has 0 bridgehead atoms. The second-order valence-corrected chi connectivity index (χ2v) is 20.6. The first-order valence-electron chi connectivity index (χ1n) is 30.4. The highest BCUT2D eigenvalue weighted by Gasteiger charge is 2.13. The number of unbranched alkanes of at least 4 members (excludes halogenated alkanes) is 36. The van der Waals surface area contributed by atoms with Gasteiger partial charge in [-0.3, -0.25) is 0 Å². The largest absolute Gasteiger partial charge is 0.492 e. The molecule has 4 heteroatoms. The summed E-state index contributed by atoms with van der Waals surface area (Å²) in [4.78, 5) is 0. The van der Waals surface area contributed by atoms with Gasteiger partial charge in [0.1, 0.15) is 23.0 Å². The van der Waals surface area contributed by atoms with E-state index in [-0.39, 0.29) is 0 Å². The van der Waals surface area contributed by atoms with Gasteiger partial charge in [-0.2, -0.15) is 0 Å². The summed E-state index contributed by atoms with van der Waals surface area (Å²) in [5.41, 5.74) is 2.85. The Labute approximate surface area is 445 Å². The van der Waals surface area contributed by atoms with Crippen LogP contribution in [0.1, 0.15) is 307 Å². The Morgan fingerprint density at radius 3 is 0.653 bits per heavy atom. The molecular formula is C68H106O4. The minimum atomic E-state index is 0.614. The molecule has 0 amide bonds. The zero-order chi connectivity index (χ0) is 51.6. The summed E-state index contributed by atoms with van der Waals surface area (Å²) in [6, 6.07) is 7.77. The zero-order valence-corrected chi connectivity index (χ0v) is 47.2. The lowest BCUT2D eigenvalue weighted by molar-refractivity contribution is 0.295. The van der Waals surface area contributed by atoms with Crippen molar-refractivity contribution in [1.29, 1.82) is 0 Å². The molecule has 0 spiro atoms. The Morgan fingerprint density at radius 2 is 0.444 bits per heavy atom. The molecule has 0 heterocycles. The second-order valence-electron chi connectivity index (χ2n) is 20.6. The quantitative estimate of drug-likeness (QED) is 0.0489. The van der Waals surface area contributed by atoms with Crippen LogP contribution in [0.4, 0.5) is 0 Å². The van der Waals surface area contributed by atoms with Gasteiger partial charge in [0.2, 0.25) is 0 Å². The van der Waals surface area contributed by atoms with Gasteiger partial charge < -0.3 is 18.9 Å². The predicted octanol–water partition coefficient (Wildman–Crippen LogP) is 20.3. The van der Waals surface area contributed by atoms with Gasteiger partial charge in [-0.1, -0.05) is 271 Å². The van der Waals surface area contributed by atoms with E-state index in [4.69, 9.17) is 31.8 Å². The van der Waals surface area contributed by atoms with Crippen LogP contribution in [-0.4, -0.2) is 26.4 Å². The lowest BCUT2D eigenvalue weighted by Crippen LogP contribution is -2.03. The summed E-state index contributed by atoms with van der Waals surface area (Å²) in [6.07, 6.45) is 63.2. The van der Waals surface area contributed by atoms with Crippen molar-refractivity contribution in [2.24, 2.45) is 0 Å². The van der Waals surface area contributed by atoms with Crippen molar-refractivity contribution < 1.29 is 18.9 Å². The SMILES string of the molecule is C#Cc1cc(OCCCCCCCCCCCC)c(C#CC#Cc2cc(OCCCCCCCCCCCC)c(C#C)cc2OCCCCCCCCCCCC)cc1OCCCCCCCCCCCC. The third-order valence-electron chi connectivity index (χ3n) is 14.0. The van der Waals surface area contributed by atoms with Crippen molar-refractivity contribution >= 4 is 0 Å². The minimum Gasteiger partial charge on any atom is -0.492 e. The minimum absolute atomic E-state index is 0.614. The van der Waals surface area contributed by atoms with Crippen molar-refractivity contribution in [1.82, 2.24) is 0 Å². The topological polar surface area (TPSA) is 36.9 Å². The fourth-order valence-corrected chi connectivity index (χ4v) is 9.30. The van der Waals surface area contributed by atoms with E-state index in [0.29, 0.717) is 60.6 Å². The molecule has 0 aliphatic heterocycles. The highest BCUT2D eigenvalue weighted by atomic mass is 16.5. The van der Waals surface area contributed by atoms with E-state index in [2.05, 4.69) is 63.2 Å². The molecular weight excluding hydrogens is 881 g/mol. The summed E-state index contributed by atoms with van der Waals surface area (Å²) in [7, 11) is 0. The second kappa shape index (κ2) is 47.9. The Bertz CT molecular complexity index is 1690. The Morgan fingerprint density at radius 1 is 0.264 bits per heavy atom. The molecule has 0 unspecified atom stereocenters. The molecule has 72 heavy (non-hydrogen) atoms. The van der Waals surface area contributed by atoms with Gasteiger partial charge >= 0.3 is 0 Å². The molecule has 4 nitrogen and oxygen atoms in total. The molecule has 2 aromatic rings. The van der Waals surface area contributed by atoms with Crippen molar-refractivity contribution in [3.63, 3.8) is 0 Å². The van der Waals surface area contributed by atoms with Crippen LogP contribution in [0, 0.1) is 48.4 Å². The monoisotopic (exact) mass is 987 g/mol. The fraction of sp³-hybridized carbons (Fsp3) is 0.706. The summed E-state index contributed by atoms with van der Waals surface area (Å²) in [5, 5.41) is 0. The summed E-state index contributed by atoms with van der Waals surface area (Å²) >= 11 is 0. The maximum atomic E-state index is 6.43. The summed E-state index contributed by atoms with van der Waals surface area (Å²) < 4.78 is 25.6. The molecule has 0 aromatic heterocycles. The van der Waals surface area contributed by atoms with Crippen LogP contribution in [0.3, 0.4) is 0 Å². The van der Waals surface area contributed by atoms with Gasteiger partial charge in [-0.15, -0.1) is 12.8 Å². The van der Waals surface area contributed by atoms with Crippen LogP contribution >= 0.6 is 0 Å². The highest BCUT2D eigenvalue weighted by Crippen LogP contribution is 2.31. The molecule has 0 fully saturated rings. The molecule has 0 atom stereocenters. The van der Waals surface area contributed by atoms with Crippen LogP contribution in [-0.2, 0) is 0 Å². The Balaban J connectivity index is 2.23. The van der Waals surface area contributed by atoms with Crippen LogP contribution in [0.5, 0.6) is 23.0 Å². The van der Waals surface area contributed by atoms with E-state index in [1.165, 1.54) is 205 Å². The number of ether oxygens (including phenoxy) is 4. The molecule has 0 saturated carbocycles. The maximum absolute atomic E-state index is 6.43.